The van der Waals surface area contributed by atoms with Crippen molar-refractivity contribution in [1.82, 2.24) is 19.6 Å². The quantitative estimate of drug-likeness (QED) is 0.0796. The van der Waals surface area contributed by atoms with Crippen molar-refractivity contribution in [3.05, 3.63) is 141 Å². The molecule has 3 aliphatic rings. The normalized spacial score (nSPS) is 15.6. The fourth-order valence-corrected chi connectivity index (χ4v) is 9.25. The molecule has 0 aromatic heterocycles. The van der Waals surface area contributed by atoms with E-state index in [9.17, 15) is 18.8 Å². The Morgan fingerprint density at radius 2 is 1.22 bits per heavy atom. The number of hydrogen-bond donors (Lipinski definition) is 1. The first-order valence-corrected chi connectivity index (χ1v) is 25.3. The second kappa shape index (κ2) is 26.3. The molecule has 0 atom stereocenters. The third-order valence-corrected chi connectivity index (χ3v) is 13.6. The molecule has 0 unspecified atom stereocenters. The van der Waals surface area contributed by atoms with Gasteiger partial charge in [0.15, 0.2) is 16.5 Å². The molecule has 0 saturated carbocycles. The van der Waals surface area contributed by atoms with E-state index < -0.39 is 11.2 Å². The molecule has 14 nitrogen and oxygen atoms in total. The molecule has 3 saturated heterocycles. The van der Waals surface area contributed by atoms with Crippen molar-refractivity contribution >= 4 is 86.6 Å². The van der Waals surface area contributed by atoms with Crippen molar-refractivity contribution in [3.63, 3.8) is 0 Å². The highest BCUT2D eigenvalue weighted by atomic mass is 32.1. The number of carbonyl (C=O) groups is 3. The Balaban J connectivity index is 0.000000235. The molecule has 3 amide bonds. The first-order chi connectivity index (χ1) is 35.1. The summed E-state index contributed by atoms with van der Waals surface area (Å²) in [6, 6.07) is 20.3. The largest absolute Gasteiger partial charge is 0.340 e. The zero-order valence-electron chi connectivity index (χ0n) is 43.6. The van der Waals surface area contributed by atoms with E-state index in [1.54, 1.807) is 87.2 Å². The lowest BCUT2D eigenvalue weighted by Gasteiger charge is -2.32. The Morgan fingerprint density at radius 3 is 1.68 bits per heavy atom. The van der Waals surface area contributed by atoms with Crippen LogP contribution in [0.4, 0.5) is 42.9 Å². The summed E-state index contributed by atoms with van der Waals surface area (Å²) in [4.78, 5) is 63.5. The number of amides is 3. The summed E-state index contributed by atoms with van der Waals surface area (Å²) in [5.74, 6) is -0.623. The van der Waals surface area contributed by atoms with E-state index in [1.165, 1.54) is 17.0 Å². The van der Waals surface area contributed by atoms with Crippen LogP contribution in [0.25, 0.3) is 14.5 Å². The first kappa shape index (κ1) is 57.9. The van der Waals surface area contributed by atoms with Gasteiger partial charge in [0.25, 0.3) is 11.6 Å². The maximum atomic E-state index is 15.2. The number of anilines is 3. The summed E-state index contributed by atoms with van der Waals surface area (Å²) >= 11 is 10.2. The Bertz CT molecular complexity index is 2890. The molecule has 3 fully saturated rings. The second-order valence-corrected chi connectivity index (χ2v) is 20.2. The number of halogens is 2. The minimum absolute atomic E-state index is 0.118. The smallest absolute Gasteiger partial charge is 0.299 e. The predicted octanol–water partition coefficient (Wildman–Crippen LogP) is 11.0. The number of thiocarbonyl (C=S) groups is 2. The van der Waals surface area contributed by atoms with Crippen LogP contribution in [0.15, 0.2) is 77.8 Å². The topological polar surface area (TPSA) is 108 Å². The van der Waals surface area contributed by atoms with Gasteiger partial charge in [-0.05, 0) is 163 Å². The van der Waals surface area contributed by atoms with Crippen LogP contribution >= 0.6 is 24.4 Å². The summed E-state index contributed by atoms with van der Waals surface area (Å²) in [5, 5.41) is 5.54. The molecule has 0 spiro atoms. The van der Waals surface area contributed by atoms with Crippen molar-refractivity contribution in [1.29, 1.82) is 0 Å². The van der Waals surface area contributed by atoms with Gasteiger partial charge in [0.1, 0.15) is 17.2 Å². The van der Waals surface area contributed by atoms with Gasteiger partial charge >= 0.3 is 0 Å². The lowest BCUT2D eigenvalue weighted by molar-refractivity contribution is -0.133. The van der Waals surface area contributed by atoms with Gasteiger partial charge in [0, 0.05) is 96.1 Å². The fraction of sp³-hybridized carbons (Fsp3) is 0.429. The number of likely N-dealkylation sites (N-methyl/N-ethyl adjacent to an activating group) is 2. The SMILES string of the molecule is [C-]#[N+]C(C)(C)Nc1ccc(CCCC(=O)N2CCN(C)CC2)c(F)c1.[C-]#[N+]c1ccc(N2C(=O)C(C)(C)N(c3ccc(CCCC(=O)N4CCN(C)CC4)c(F)c3)C2=S)cc1C.[C-]#[N+]c1ccc(N=C=S)cc1C. The fourth-order valence-electron chi connectivity index (χ4n) is 8.62. The van der Waals surface area contributed by atoms with Crippen LogP contribution in [-0.2, 0) is 27.2 Å². The van der Waals surface area contributed by atoms with Crippen molar-refractivity contribution in [3.8, 4) is 0 Å². The molecule has 4 aromatic carbocycles. The van der Waals surface area contributed by atoms with Crippen LogP contribution in [0, 0.1) is 45.2 Å². The third kappa shape index (κ3) is 15.3. The summed E-state index contributed by atoms with van der Waals surface area (Å²) in [7, 11) is 4.11. The highest BCUT2D eigenvalue weighted by molar-refractivity contribution is 7.81. The summed E-state index contributed by atoms with van der Waals surface area (Å²) in [6.07, 6.45) is 3.05. The van der Waals surface area contributed by atoms with E-state index in [4.69, 9.17) is 31.9 Å². The zero-order chi connectivity index (χ0) is 54.3. The van der Waals surface area contributed by atoms with Gasteiger partial charge in [0.05, 0.1) is 24.0 Å². The molecule has 3 heterocycles. The molecule has 1 N–H and O–H groups in total. The molecule has 388 valence electrons. The van der Waals surface area contributed by atoms with Crippen LogP contribution in [-0.4, -0.2) is 125 Å². The van der Waals surface area contributed by atoms with Crippen LogP contribution in [0.3, 0.4) is 0 Å². The third-order valence-electron chi connectivity index (χ3n) is 13.2. The van der Waals surface area contributed by atoms with Crippen LogP contribution in [0.1, 0.15) is 75.6 Å². The van der Waals surface area contributed by atoms with E-state index in [2.05, 4.69) is 59.1 Å². The molecule has 7 rings (SSSR count). The number of aryl methyl sites for hydroxylation is 4. The average Bonchev–Trinajstić information content (AvgIpc) is 3.54. The van der Waals surface area contributed by atoms with E-state index in [0.29, 0.717) is 78.1 Å². The average molecular weight is 1040 g/mol. The zero-order valence-corrected chi connectivity index (χ0v) is 45.2. The number of carbonyl (C=O) groups excluding carboxylic acids is 3. The molecular formula is C56H65F2N11O3S2. The van der Waals surface area contributed by atoms with Crippen molar-refractivity contribution < 1.29 is 23.2 Å². The Kier molecular flexibility index (Phi) is 20.6. The monoisotopic (exact) mass is 1040 g/mol. The molecule has 18 heteroatoms. The van der Waals surface area contributed by atoms with Gasteiger partial charge in [-0.3, -0.25) is 24.1 Å². The first-order valence-electron chi connectivity index (χ1n) is 24.5. The maximum Gasteiger partial charge on any atom is 0.299 e. The van der Waals surface area contributed by atoms with Gasteiger partial charge in [-0.2, -0.15) is 4.99 Å². The van der Waals surface area contributed by atoms with Gasteiger partial charge in [0.2, 0.25) is 11.8 Å². The number of aliphatic imine (C=N–C) groups is 1. The molecule has 74 heavy (non-hydrogen) atoms. The minimum atomic E-state index is -1.02. The molecular weight excluding hydrogens is 977 g/mol. The van der Waals surface area contributed by atoms with Gasteiger partial charge in [-0.1, -0.05) is 24.3 Å². The van der Waals surface area contributed by atoms with Crippen LogP contribution in [0.5, 0.6) is 0 Å². The minimum Gasteiger partial charge on any atom is -0.340 e. The standard InChI is InChI=1S/C28H32FN5O2S.C19H27FN4O.C9H6N2S/c1-19-17-21(11-12-24(19)30-4)33-26(36)28(2,3)34(27(33)37)22-10-9-20(23(29)18-22)7-6-8-25(35)32-15-13-31(5)14-16-32;1-19(2,21-3)22-16-9-8-15(17(20)14-16)6-5-7-18(25)24-12-10-23(4)11-13-24;1-7-5-8(11-6-12)3-4-9(7)10-2/h9-12,17-18H,6-8,13-16H2,1-3,5H3;8-9,14,22H,5-7,10-13H2,1-2,4H3;3-5H,1H3. The molecule has 4 aromatic rings. The van der Waals surface area contributed by atoms with E-state index in [0.717, 1.165) is 69.2 Å². The lowest BCUT2D eigenvalue weighted by Crippen LogP contribution is -2.47. The van der Waals surface area contributed by atoms with Gasteiger partial charge in [-0.25, -0.2) is 25.0 Å². The Labute approximate surface area is 446 Å². The number of nitrogens with zero attached hydrogens (tertiary/aromatic N) is 10. The van der Waals surface area contributed by atoms with E-state index in [-0.39, 0.29) is 34.5 Å². The Morgan fingerprint density at radius 1 is 0.730 bits per heavy atom. The number of hydrogen-bond acceptors (Lipinski definition) is 9. The van der Waals surface area contributed by atoms with E-state index >= 15 is 4.39 Å². The van der Waals surface area contributed by atoms with Crippen molar-refractivity contribution in [2.75, 3.05) is 81.6 Å². The Hall–Kier alpha value is -6.97. The maximum absolute atomic E-state index is 15.2. The number of isothiocyanates is 1. The summed E-state index contributed by atoms with van der Waals surface area (Å²) in [6.45, 7) is 38.5. The lowest BCUT2D eigenvalue weighted by atomic mass is 10.0. The van der Waals surface area contributed by atoms with Crippen LogP contribution < -0.4 is 15.1 Å². The van der Waals surface area contributed by atoms with Crippen molar-refractivity contribution in [2.24, 2.45) is 4.99 Å². The highest BCUT2D eigenvalue weighted by Crippen LogP contribution is 2.38. The van der Waals surface area contributed by atoms with Gasteiger partial charge < -0.3 is 29.8 Å². The second-order valence-electron chi connectivity index (χ2n) is 19.6. The highest BCUT2D eigenvalue weighted by Gasteiger charge is 2.50. The molecule has 0 aliphatic carbocycles. The summed E-state index contributed by atoms with van der Waals surface area (Å²) in [5.41, 5.74) is 4.60. The molecule has 3 aliphatic heterocycles. The number of nitrogens with one attached hydrogen (secondary N) is 1. The van der Waals surface area contributed by atoms with Crippen LogP contribution in [0.2, 0.25) is 0 Å². The number of rotatable bonds is 13. The number of piperazine rings is 2. The molecule has 0 bridgehead atoms. The number of benzene rings is 4. The molecule has 0 radical (unpaired) electrons. The van der Waals surface area contributed by atoms with Gasteiger partial charge in [-0.15, -0.1) is 0 Å². The predicted molar refractivity (Wildman–Crippen MR) is 297 cm³/mol. The summed E-state index contributed by atoms with van der Waals surface area (Å²) < 4.78 is 29.4. The van der Waals surface area contributed by atoms with E-state index in [1.807, 2.05) is 36.8 Å². The van der Waals surface area contributed by atoms with Crippen molar-refractivity contribution in [2.45, 2.75) is 91.3 Å².